The zero-order valence-corrected chi connectivity index (χ0v) is 15.2. The van der Waals surface area contributed by atoms with E-state index in [1.54, 1.807) is 16.8 Å². The van der Waals surface area contributed by atoms with Crippen LogP contribution in [0.5, 0.6) is 0 Å². The van der Waals surface area contributed by atoms with Crippen LogP contribution in [0, 0.1) is 25.6 Å². The van der Waals surface area contributed by atoms with E-state index in [1.807, 2.05) is 27.7 Å². The number of carbonyl (C=O) groups excluding carboxylic acids is 1. The average Bonchev–Trinajstić information content (AvgIpc) is 3.15. The normalized spacial score (nSPS) is 20.4. The Morgan fingerprint density at radius 3 is 2.65 bits per heavy atom. The fraction of sp³-hybridized carbons (Fsp3) is 0.444. The van der Waals surface area contributed by atoms with Gasteiger partial charge in [-0.05, 0) is 38.5 Å². The van der Waals surface area contributed by atoms with Gasteiger partial charge < -0.3 is 10.2 Å². The second-order valence-corrected chi connectivity index (χ2v) is 6.54. The molecule has 2 heterocycles. The Morgan fingerprint density at radius 1 is 1.35 bits per heavy atom. The Bertz CT molecular complexity index is 831. The lowest BCUT2D eigenvalue weighted by atomic mass is 9.94. The van der Waals surface area contributed by atoms with Crippen LogP contribution in [0.3, 0.4) is 0 Å². The highest BCUT2D eigenvalue weighted by Crippen LogP contribution is 2.23. The van der Waals surface area contributed by atoms with Gasteiger partial charge in [0.05, 0.1) is 17.7 Å². The minimum atomic E-state index is -0.708. The van der Waals surface area contributed by atoms with Crippen molar-refractivity contribution < 1.29 is 14.0 Å². The molecule has 0 unspecified atom stereocenters. The number of hydrogen-bond donors (Lipinski definition) is 1. The van der Waals surface area contributed by atoms with Crippen molar-refractivity contribution in [1.29, 1.82) is 0 Å². The fourth-order valence-electron chi connectivity index (χ4n) is 3.03. The molecule has 3 rings (SSSR count). The van der Waals surface area contributed by atoms with E-state index in [1.165, 1.54) is 12.1 Å². The van der Waals surface area contributed by atoms with E-state index in [4.69, 9.17) is 4.84 Å². The molecule has 0 saturated heterocycles. The van der Waals surface area contributed by atoms with Crippen LogP contribution in [0.4, 0.5) is 4.39 Å². The van der Waals surface area contributed by atoms with Crippen molar-refractivity contribution in [3.63, 3.8) is 0 Å². The highest BCUT2D eigenvalue weighted by atomic mass is 19.1. The molecule has 2 aromatic rings. The summed E-state index contributed by atoms with van der Waals surface area (Å²) in [5.41, 5.74) is 1.39. The van der Waals surface area contributed by atoms with E-state index < -0.39 is 6.10 Å². The summed E-state index contributed by atoms with van der Waals surface area (Å²) in [5, 5.41) is 11.2. The van der Waals surface area contributed by atoms with Crippen LogP contribution in [0.15, 0.2) is 29.4 Å². The van der Waals surface area contributed by atoms with Crippen LogP contribution in [-0.2, 0) is 9.63 Å². The Labute approximate surface area is 151 Å². The van der Waals surface area contributed by atoms with Crippen LogP contribution in [0.25, 0.3) is 0 Å². The number of nitrogens with zero attached hydrogens (tertiary/aromatic N) is 4. The number of rotatable bonds is 5. The minimum absolute atomic E-state index is 0.0330. The van der Waals surface area contributed by atoms with Crippen LogP contribution in [-0.4, -0.2) is 39.0 Å². The van der Waals surface area contributed by atoms with Crippen molar-refractivity contribution in [2.45, 2.75) is 39.8 Å². The first kappa shape index (κ1) is 18.0. The average molecular weight is 359 g/mol. The molecule has 1 aliphatic rings. The zero-order chi connectivity index (χ0) is 18.8. The first-order chi connectivity index (χ1) is 12.4. The van der Waals surface area contributed by atoms with Gasteiger partial charge in [0, 0.05) is 6.54 Å². The summed E-state index contributed by atoms with van der Waals surface area (Å²) in [4.78, 5) is 22.1. The van der Waals surface area contributed by atoms with Gasteiger partial charge in [-0.1, -0.05) is 24.2 Å². The Hall–Kier alpha value is -2.77. The molecule has 0 fully saturated rings. The highest BCUT2D eigenvalue weighted by molar-refractivity contribution is 6.05. The molecule has 0 saturated carbocycles. The second-order valence-electron chi connectivity index (χ2n) is 6.54. The lowest BCUT2D eigenvalue weighted by Crippen LogP contribution is -2.41. The van der Waals surface area contributed by atoms with Crippen LogP contribution < -0.4 is 5.32 Å². The summed E-state index contributed by atoms with van der Waals surface area (Å²) in [6.07, 6.45) is -0.708. The molecule has 1 aromatic carbocycles. The Balaban J connectivity index is 1.59. The monoisotopic (exact) mass is 359 g/mol. The molecule has 0 bridgehead atoms. The maximum Gasteiger partial charge on any atom is 0.264 e. The smallest absolute Gasteiger partial charge is 0.264 e. The molecule has 0 spiro atoms. The number of aromatic nitrogens is 3. The van der Waals surface area contributed by atoms with Crippen molar-refractivity contribution >= 4 is 11.6 Å². The molecule has 0 aliphatic carbocycles. The summed E-state index contributed by atoms with van der Waals surface area (Å²) in [6, 6.07) is 5.96. The number of amides is 1. The molecule has 7 nitrogen and oxygen atoms in total. The van der Waals surface area contributed by atoms with Gasteiger partial charge in [0.15, 0.2) is 0 Å². The molecule has 1 amide bonds. The first-order valence-corrected chi connectivity index (χ1v) is 8.54. The van der Waals surface area contributed by atoms with Gasteiger partial charge in [-0.2, -0.15) is 5.10 Å². The number of oxime groups is 1. The number of carbonyl (C=O) groups is 1. The third-order valence-corrected chi connectivity index (χ3v) is 4.45. The van der Waals surface area contributed by atoms with Gasteiger partial charge in [-0.25, -0.2) is 14.1 Å². The largest absolute Gasteiger partial charge is 0.381 e. The number of halogens is 1. The molecular weight excluding hydrogens is 337 g/mol. The van der Waals surface area contributed by atoms with Crippen molar-refractivity contribution in [3.8, 4) is 0 Å². The van der Waals surface area contributed by atoms with Gasteiger partial charge in [0.25, 0.3) is 5.91 Å². The van der Waals surface area contributed by atoms with E-state index in [0.717, 1.165) is 11.4 Å². The minimum Gasteiger partial charge on any atom is -0.381 e. The van der Waals surface area contributed by atoms with E-state index in [-0.39, 0.29) is 23.7 Å². The predicted molar refractivity (Wildman–Crippen MR) is 94.2 cm³/mol. The van der Waals surface area contributed by atoms with Crippen LogP contribution >= 0.6 is 0 Å². The van der Waals surface area contributed by atoms with E-state index in [0.29, 0.717) is 18.1 Å². The highest BCUT2D eigenvalue weighted by Gasteiger charge is 2.36. The third kappa shape index (κ3) is 3.58. The quantitative estimate of drug-likeness (QED) is 0.887. The maximum absolute atomic E-state index is 13.1. The van der Waals surface area contributed by atoms with Gasteiger partial charge >= 0.3 is 0 Å². The molecule has 1 N–H and O–H groups in total. The lowest BCUT2D eigenvalue weighted by Gasteiger charge is -2.18. The molecule has 26 heavy (non-hydrogen) atoms. The van der Waals surface area contributed by atoms with Gasteiger partial charge in [0.1, 0.15) is 17.5 Å². The van der Waals surface area contributed by atoms with Crippen LogP contribution in [0.2, 0.25) is 0 Å². The van der Waals surface area contributed by atoms with Crippen molar-refractivity contribution in [3.05, 3.63) is 47.3 Å². The van der Waals surface area contributed by atoms with Gasteiger partial charge in [0.2, 0.25) is 6.10 Å². The molecule has 1 aromatic heterocycles. The van der Waals surface area contributed by atoms with Gasteiger partial charge in [-0.3, -0.25) is 4.79 Å². The zero-order valence-electron chi connectivity index (χ0n) is 15.2. The molecule has 8 heteroatoms. The number of nitrogens with one attached hydrogen (secondary N) is 1. The van der Waals surface area contributed by atoms with Crippen molar-refractivity contribution in [2.24, 2.45) is 11.1 Å². The first-order valence-electron chi connectivity index (χ1n) is 8.54. The predicted octanol–water partition coefficient (Wildman–Crippen LogP) is 2.15. The van der Waals surface area contributed by atoms with Gasteiger partial charge in [-0.15, -0.1) is 0 Å². The maximum atomic E-state index is 13.1. The Kier molecular flexibility index (Phi) is 5.01. The molecule has 0 radical (unpaired) electrons. The van der Waals surface area contributed by atoms with Crippen molar-refractivity contribution in [2.75, 3.05) is 6.54 Å². The number of aryl methyl sites for hydroxylation is 2. The summed E-state index contributed by atoms with van der Waals surface area (Å²) in [5.74, 6) is 0.719. The molecule has 138 valence electrons. The molecular formula is C18H22FN5O2. The summed E-state index contributed by atoms with van der Waals surface area (Å²) in [7, 11) is 0. The summed E-state index contributed by atoms with van der Waals surface area (Å²) in [6.45, 7) is 7.94. The topological polar surface area (TPSA) is 81.4 Å². The Morgan fingerprint density at radius 2 is 2.04 bits per heavy atom. The van der Waals surface area contributed by atoms with E-state index in [2.05, 4.69) is 20.6 Å². The molecule has 1 aliphatic heterocycles. The standard InChI is InChI=1S/C18H22FN5O2/c1-10(24-13(4)21-12(3)22-24)9-20-18(25)17-11(2)16(23-26-17)14-5-7-15(19)8-6-14/h5-8,10-11,17H,9H2,1-4H3,(H,20,25)/t10-,11-,17-/m1/s1. The number of hydrogen-bond acceptors (Lipinski definition) is 5. The van der Waals surface area contributed by atoms with Crippen LogP contribution in [0.1, 0.15) is 37.1 Å². The summed E-state index contributed by atoms with van der Waals surface area (Å²) >= 11 is 0. The molecule has 3 atom stereocenters. The fourth-order valence-corrected chi connectivity index (χ4v) is 3.03. The second kappa shape index (κ2) is 7.23. The number of benzene rings is 1. The third-order valence-electron chi connectivity index (χ3n) is 4.45. The van der Waals surface area contributed by atoms with E-state index in [9.17, 15) is 9.18 Å². The SMILES string of the molecule is Cc1nc(C)n([C@H](C)CNC(=O)[C@@H]2ON=C(c3ccc(F)cc3)[C@H]2C)n1. The van der Waals surface area contributed by atoms with Crippen molar-refractivity contribution in [1.82, 2.24) is 20.1 Å². The van der Waals surface area contributed by atoms with E-state index >= 15 is 0 Å². The lowest BCUT2D eigenvalue weighted by molar-refractivity contribution is -0.132. The summed E-state index contributed by atoms with van der Waals surface area (Å²) < 4.78 is 14.9.